The molecule has 6 rings (SSSR count). The van der Waals surface area contributed by atoms with Gasteiger partial charge >= 0.3 is 326 Å². The molecular formula is C47H46O4Sn2. The van der Waals surface area contributed by atoms with Crippen LogP contribution in [0.2, 0.25) is 0 Å². The van der Waals surface area contributed by atoms with E-state index in [4.69, 9.17) is 6.15 Å². The fourth-order valence-corrected chi connectivity index (χ4v) is 30.3. The van der Waals surface area contributed by atoms with Crippen LogP contribution in [0, 0.1) is 0 Å². The molecule has 4 nitrogen and oxygen atoms in total. The molecule has 0 amide bonds. The fraction of sp³-hybridized carbons (Fsp3) is 0.149. The van der Waals surface area contributed by atoms with Gasteiger partial charge in [0.05, 0.1) is 0 Å². The van der Waals surface area contributed by atoms with Gasteiger partial charge in [-0.25, -0.2) is 0 Å². The van der Waals surface area contributed by atoms with Crippen LogP contribution in [0.1, 0.15) is 40.3 Å². The van der Waals surface area contributed by atoms with Crippen LogP contribution in [0.15, 0.2) is 194 Å². The van der Waals surface area contributed by atoms with Crippen molar-refractivity contribution in [3.05, 3.63) is 227 Å². The molecule has 0 bridgehead atoms. The summed E-state index contributed by atoms with van der Waals surface area (Å²) in [5, 5.41) is 0. The summed E-state index contributed by atoms with van der Waals surface area (Å²) in [6, 6.07) is 62.0. The average Bonchev–Trinajstić information content (AvgIpc) is 3.17. The van der Waals surface area contributed by atoms with Gasteiger partial charge in [-0.3, -0.25) is 0 Å². The Morgan fingerprint density at radius 2 is 0.623 bits per heavy atom. The molecule has 6 aromatic rings. The standard InChI is InChI=1S/6C7H7.C5H6O4.2Sn/c6*1-7-5-3-2-4-6-7;1-3(5(8)9)2-4(6)7;;/h6*2-6H,1H2;2H,1H3,(H,6,7)(H,8,9);;/q;;;;;;;2*+1/p-2/b;;;;;;3-2-;;. The number of carbonyl (C=O) groups excluding carboxylic acids is 2. The van der Waals surface area contributed by atoms with E-state index in [-0.39, 0.29) is 5.57 Å². The van der Waals surface area contributed by atoms with Gasteiger partial charge in [0, 0.05) is 0 Å². The zero-order valence-electron chi connectivity index (χ0n) is 30.3. The van der Waals surface area contributed by atoms with Crippen LogP contribution in [0.5, 0.6) is 0 Å². The van der Waals surface area contributed by atoms with Crippen LogP contribution in [0.25, 0.3) is 0 Å². The van der Waals surface area contributed by atoms with Crippen LogP contribution in [-0.4, -0.2) is 49.5 Å². The summed E-state index contributed by atoms with van der Waals surface area (Å²) >= 11 is -7.89. The van der Waals surface area contributed by atoms with Crippen molar-refractivity contribution in [3.63, 3.8) is 0 Å². The Balaban J connectivity index is 1.32. The molecule has 266 valence electrons. The molecule has 53 heavy (non-hydrogen) atoms. The molecular weight excluding hydrogens is 866 g/mol. The first-order chi connectivity index (χ1) is 25.9. The van der Waals surface area contributed by atoms with Crippen molar-refractivity contribution < 1.29 is 15.7 Å². The topological polar surface area (TPSA) is 52.6 Å². The van der Waals surface area contributed by atoms with Crippen molar-refractivity contribution in [3.8, 4) is 0 Å². The Labute approximate surface area is 323 Å². The van der Waals surface area contributed by atoms with Gasteiger partial charge in [-0.15, -0.1) is 0 Å². The van der Waals surface area contributed by atoms with E-state index in [0.29, 0.717) is 26.6 Å². The molecule has 0 saturated carbocycles. The fourth-order valence-electron chi connectivity index (χ4n) is 7.15. The summed E-state index contributed by atoms with van der Waals surface area (Å²) < 4.78 is 17.9. The van der Waals surface area contributed by atoms with Gasteiger partial charge in [-0.1, -0.05) is 0 Å². The number of carbonyl (C=O) groups is 2. The molecule has 0 N–H and O–H groups in total. The average molecular weight is 912 g/mol. The second kappa shape index (κ2) is 19.1. The van der Waals surface area contributed by atoms with Crippen molar-refractivity contribution in [1.82, 2.24) is 0 Å². The predicted octanol–water partition coefficient (Wildman–Crippen LogP) is 9.60. The number of rotatable bonds is 16. The molecule has 0 unspecified atom stereocenters. The van der Waals surface area contributed by atoms with Crippen molar-refractivity contribution in [2.75, 3.05) is 0 Å². The molecule has 6 heteroatoms. The Morgan fingerprint density at radius 3 is 0.868 bits per heavy atom. The third-order valence-corrected chi connectivity index (χ3v) is 31.1. The third-order valence-electron chi connectivity index (χ3n) is 9.50. The second-order valence-electron chi connectivity index (χ2n) is 14.0. The number of hydrogen-bond donors (Lipinski definition) is 0. The second-order valence-corrected chi connectivity index (χ2v) is 34.7. The summed E-state index contributed by atoms with van der Waals surface area (Å²) in [4.78, 5) is 28.4. The van der Waals surface area contributed by atoms with Gasteiger partial charge in [0.1, 0.15) is 0 Å². The molecule has 0 heterocycles. The Morgan fingerprint density at radius 1 is 0.396 bits per heavy atom. The van der Waals surface area contributed by atoms with E-state index in [0.717, 1.165) is 33.4 Å². The van der Waals surface area contributed by atoms with Crippen molar-refractivity contribution in [2.24, 2.45) is 0 Å². The summed E-state index contributed by atoms with van der Waals surface area (Å²) in [5.41, 5.74) is 7.21. The van der Waals surface area contributed by atoms with E-state index in [1.54, 1.807) is 6.92 Å². The van der Waals surface area contributed by atoms with E-state index in [2.05, 4.69) is 72.8 Å². The van der Waals surface area contributed by atoms with E-state index >= 15 is 0 Å². The van der Waals surface area contributed by atoms with Gasteiger partial charge < -0.3 is 0 Å². The van der Waals surface area contributed by atoms with E-state index < -0.39 is 49.5 Å². The molecule has 0 atom stereocenters. The minimum atomic E-state index is -3.95. The van der Waals surface area contributed by atoms with Gasteiger partial charge in [0.2, 0.25) is 0 Å². The van der Waals surface area contributed by atoms with E-state index in [1.165, 1.54) is 6.08 Å². The number of hydrogen-bond acceptors (Lipinski definition) is 4. The Bertz CT molecular complexity index is 1850. The monoisotopic (exact) mass is 914 g/mol. The molecule has 0 aliphatic heterocycles. The van der Waals surface area contributed by atoms with Crippen molar-refractivity contribution in [1.29, 1.82) is 0 Å². The first-order valence-corrected chi connectivity index (χ1v) is 32.7. The normalized spacial score (nSPS) is 11.8. The van der Waals surface area contributed by atoms with E-state index in [9.17, 15) is 9.59 Å². The summed E-state index contributed by atoms with van der Waals surface area (Å²) in [6.45, 7) is 1.69. The predicted molar refractivity (Wildman–Crippen MR) is 218 cm³/mol. The summed E-state index contributed by atoms with van der Waals surface area (Å²) in [5.74, 6) is -0.899. The number of benzene rings is 6. The first kappa shape index (κ1) is 38.3. The van der Waals surface area contributed by atoms with E-state index in [1.807, 2.05) is 109 Å². The molecule has 0 spiro atoms. The quantitative estimate of drug-likeness (QED) is 0.0718. The molecule has 0 radical (unpaired) electrons. The molecule has 0 saturated heterocycles. The molecule has 6 aromatic carbocycles. The molecule has 0 aliphatic rings. The molecule has 0 fully saturated rings. The Hall–Kier alpha value is -4.40. The SMILES string of the molecule is C/C(=C/C(=O)[O][Sn]([CH2]c1ccccc1)([CH2]c1ccccc1)[CH2]c1ccccc1)C(=O)[O][Sn]([CH2]c1ccccc1)([CH2]c1ccccc1)[CH2]c1ccccc1. The van der Waals surface area contributed by atoms with Gasteiger partial charge in [0.15, 0.2) is 0 Å². The van der Waals surface area contributed by atoms with Crippen LogP contribution in [-0.2, 0) is 42.4 Å². The van der Waals surface area contributed by atoms with Crippen LogP contribution >= 0.6 is 0 Å². The van der Waals surface area contributed by atoms with Gasteiger partial charge in [0.25, 0.3) is 0 Å². The zero-order valence-corrected chi connectivity index (χ0v) is 36.0. The maximum atomic E-state index is 14.3. The first-order valence-electron chi connectivity index (χ1n) is 18.3. The van der Waals surface area contributed by atoms with Gasteiger partial charge in [-0.2, -0.15) is 0 Å². The minimum absolute atomic E-state index is 0.268. The summed E-state index contributed by atoms with van der Waals surface area (Å²) in [7, 11) is 0. The third kappa shape index (κ3) is 11.8. The van der Waals surface area contributed by atoms with Crippen molar-refractivity contribution >= 4 is 49.5 Å². The van der Waals surface area contributed by atoms with Crippen molar-refractivity contribution in [2.45, 2.75) is 33.5 Å². The van der Waals surface area contributed by atoms with Crippen LogP contribution in [0.3, 0.4) is 0 Å². The molecule has 0 aromatic heterocycles. The van der Waals surface area contributed by atoms with Crippen LogP contribution in [0.4, 0.5) is 0 Å². The van der Waals surface area contributed by atoms with Gasteiger partial charge in [-0.05, 0) is 0 Å². The Kier molecular flexibility index (Phi) is 13.8. The maximum absolute atomic E-state index is 14.3. The van der Waals surface area contributed by atoms with Crippen LogP contribution < -0.4 is 0 Å². The zero-order chi connectivity index (χ0) is 36.8. The summed E-state index contributed by atoms with van der Waals surface area (Å²) in [6.07, 6.45) is 1.39. The molecule has 0 aliphatic carbocycles.